The number of alkyl halides is 3. The molecule has 2 aliphatic rings. The number of rotatable bonds is 2. The highest BCUT2D eigenvalue weighted by molar-refractivity contribution is 5.37. The highest BCUT2D eigenvalue weighted by atomic mass is 19.4. The average molecular weight is 380 g/mol. The molecule has 0 bridgehead atoms. The van der Waals surface area contributed by atoms with Crippen LogP contribution in [0, 0.1) is 0 Å². The Morgan fingerprint density at radius 3 is 2.37 bits per heavy atom. The minimum atomic E-state index is -4.38. The average Bonchev–Trinajstić information content (AvgIpc) is 2.98. The molecule has 0 radical (unpaired) electrons. The normalized spacial score (nSPS) is 22.0. The van der Waals surface area contributed by atoms with Gasteiger partial charge in [0.25, 0.3) is 5.56 Å². The quantitative estimate of drug-likeness (QED) is 0.870. The van der Waals surface area contributed by atoms with Gasteiger partial charge in [-0.15, -0.1) is 0 Å². The summed E-state index contributed by atoms with van der Waals surface area (Å²) in [6.07, 6.45) is -1.91. The van der Waals surface area contributed by atoms with Crippen molar-refractivity contribution in [3.63, 3.8) is 0 Å². The Hall–Kier alpha value is -2.06. The molecule has 1 fully saturated rings. The summed E-state index contributed by atoms with van der Waals surface area (Å²) in [6, 6.07) is 5.05. The number of aryl methyl sites for hydroxylation is 1. The van der Waals surface area contributed by atoms with E-state index in [2.05, 4.69) is 21.9 Å². The van der Waals surface area contributed by atoms with E-state index in [0.717, 1.165) is 62.4 Å². The van der Waals surface area contributed by atoms with Gasteiger partial charge in [0, 0.05) is 43.5 Å². The van der Waals surface area contributed by atoms with Crippen molar-refractivity contribution >= 4 is 0 Å². The lowest BCUT2D eigenvalue weighted by atomic mass is 9.92. The Morgan fingerprint density at radius 2 is 1.74 bits per heavy atom. The minimum absolute atomic E-state index is 0.149. The number of piperazine rings is 1. The van der Waals surface area contributed by atoms with E-state index in [1.54, 1.807) is 0 Å². The minimum Gasteiger partial charge on any atom is -0.304 e. The molecule has 0 amide bonds. The second kappa shape index (κ2) is 6.83. The molecule has 1 aromatic heterocycles. The van der Waals surface area contributed by atoms with Gasteiger partial charge in [-0.2, -0.15) is 13.2 Å². The molecule has 1 aliphatic heterocycles. The van der Waals surface area contributed by atoms with E-state index in [1.807, 2.05) is 0 Å². The molecular formula is C19H23F3N4O. The Labute approximate surface area is 155 Å². The van der Waals surface area contributed by atoms with Gasteiger partial charge in [-0.3, -0.25) is 14.8 Å². The van der Waals surface area contributed by atoms with Crippen LogP contribution in [-0.4, -0.2) is 58.8 Å². The molecule has 2 aromatic rings. The van der Waals surface area contributed by atoms with Gasteiger partial charge < -0.3 is 4.90 Å². The zero-order valence-corrected chi connectivity index (χ0v) is 15.2. The Bertz CT molecular complexity index is 861. The summed E-state index contributed by atoms with van der Waals surface area (Å²) in [7, 11) is 2.12. The van der Waals surface area contributed by atoms with Gasteiger partial charge in [0.2, 0.25) is 0 Å². The summed E-state index contributed by atoms with van der Waals surface area (Å²) in [5, 5.41) is 3.10. The SMILES string of the molecule is CN1CCN(C2CCc3[nH]n(-c4ccc(C(F)(F)F)cc4)c(=O)c3C2)CC1. The number of likely N-dealkylation sites (N-methyl/N-ethyl adjacent to an activating group) is 1. The number of hydrogen-bond acceptors (Lipinski definition) is 3. The van der Waals surface area contributed by atoms with Crippen molar-refractivity contribution < 1.29 is 13.2 Å². The van der Waals surface area contributed by atoms with Gasteiger partial charge >= 0.3 is 6.18 Å². The van der Waals surface area contributed by atoms with Gasteiger partial charge in [0.1, 0.15) is 0 Å². The zero-order chi connectivity index (χ0) is 19.2. The fourth-order valence-corrected chi connectivity index (χ4v) is 4.06. The van der Waals surface area contributed by atoms with Crippen LogP contribution in [-0.2, 0) is 19.0 Å². The predicted molar refractivity (Wildman–Crippen MR) is 96.3 cm³/mol. The third-order valence-corrected chi connectivity index (χ3v) is 5.75. The Morgan fingerprint density at radius 1 is 1.07 bits per heavy atom. The van der Waals surface area contributed by atoms with Crippen LogP contribution in [0.5, 0.6) is 0 Å². The van der Waals surface area contributed by atoms with Gasteiger partial charge in [0.05, 0.1) is 11.3 Å². The van der Waals surface area contributed by atoms with Crippen molar-refractivity contribution in [2.45, 2.75) is 31.5 Å². The molecule has 27 heavy (non-hydrogen) atoms. The highest BCUT2D eigenvalue weighted by Gasteiger charge is 2.31. The molecule has 2 heterocycles. The van der Waals surface area contributed by atoms with Crippen molar-refractivity contribution in [2.24, 2.45) is 0 Å². The first kappa shape index (κ1) is 18.3. The van der Waals surface area contributed by atoms with Crippen molar-refractivity contribution in [1.82, 2.24) is 19.6 Å². The van der Waals surface area contributed by atoms with E-state index in [0.29, 0.717) is 18.2 Å². The van der Waals surface area contributed by atoms with Crippen LogP contribution in [0.3, 0.4) is 0 Å². The van der Waals surface area contributed by atoms with Crippen molar-refractivity contribution in [1.29, 1.82) is 0 Å². The number of H-pyrrole nitrogens is 1. The highest BCUT2D eigenvalue weighted by Crippen LogP contribution is 2.29. The number of nitrogens with one attached hydrogen (secondary N) is 1. The maximum absolute atomic E-state index is 12.9. The van der Waals surface area contributed by atoms with E-state index in [4.69, 9.17) is 0 Å². The van der Waals surface area contributed by atoms with Crippen molar-refractivity contribution in [3.05, 3.63) is 51.4 Å². The summed E-state index contributed by atoms with van der Waals surface area (Å²) in [6.45, 7) is 4.08. The molecule has 1 aromatic carbocycles. The van der Waals surface area contributed by atoms with E-state index >= 15 is 0 Å². The standard InChI is InChI=1S/C19H23F3N4O/c1-24-8-10-25(11-9-24)15-6-7-17-16(12-15)18(27)26(23-17)14-4-2-13(3-5-14)19(20,21)22/h2-5,15,23H,6-12H2,1H3. The lowest BCUT2D eigenvalue weighted by Gasteiger charge is -2.39. The summed E-state index contributed by atoms with van der Waals surface area (Å²) in [4.78, 5) is 17.6. The van der Waals surface area contributed by atoms with E-state index in [9.17, 15) is 18.0 Å². The topological polar surface area (TPSA) is 44.3 Å². The largest absolute Gasteiger partial charge is 0.416 e. The van der Waals surface area contributed by atoms with Crippen LogP contribution < -0.4 is 5.56 Å². The maximum Gasteiger partial charge on any atom is 0.416 e. The molecular weight excluding hydrogens is 357 g/mol. The van der Waals surface area contributed by atoms with Crippen LogP contribution in [0.15, 0.2) is 29.1 Å². The van der Waals surface area contributed by atoms with E-state index in [-0.39, 0.29) is 5.56 Å². The first-order valence-electron chi connectivity index (χ1n) is 9.26. The summed E-state index contributed by atoms with van der Waals surface area (Å²) >= 11 is 0. The summed E-state index contributed by atoms with van der Waals surface area (Å²) < 4.78 is 39.6. The van der Waals surface area contributed by atoms with E-state index < -0.39 is 11.7 Å². The molecule has 4 rings (SSSR count). The monoisotopic (exact) mass is 380 g/mol. The molecule has 1 N–H and O–H groups in total. The second-order valence-electron chi connectivity index (χ2n) is 7.49. The first-order valence-corrected chi connectivity index (χ1v) is 9.26. The fourth-order valence-electron chi connectivity index (χ4n) is 4.06. The van der Waals surface area contributed by atoms with Gasteiger partial charge in [0.15, 0.2) is 0 Å². The lowest BCUT2D eigenvalue weighted by Crippen LogP contribution is -2.50. The molecule has 146 valence electrons. The molecule has 1 atom stereocenters. The van der Waals surface area contributed by atoms with Gasteiger partial charge in [-0.05, 0) is 50.6 Å². The molecule has 1 aliphatic carbocycles. The molecule has 8 heteroatoms. The van der Waals surface area contributed by atoms with E-state index in [1.165, 1.54) is 16.8 Å². The molecule has 5 nitrogen and oxygen atoms in total. The number of fused-ring (bicyclic) bond motifs is 1. The van der Waals surface area contributed by atoms with Crippen LogP contribution in [0.1, 0.15) is 23.2 Å². The Balaban J connectivity index is 1.56. The Kier molecular flexibility index (Phi) is 4.63. The summed E-state index contributed by atoms with van der Waals surface area (Å²) in [5.41, 5.74) is 1.24. The number of aromatic amines is 1. The third kappa shape index (κ3) is 3.55. The number of benzene rings is 1. The molecule has 1 saturated heterocycles. The van der Waals surface area contributed by atoms with Crippen molar-refractivity contribution in [2.75, 3.05) is 33.2 Å². The van der Waals surface area contributed by atoms with Gasteiger partial charge in [-0.25, -0.2) is 4.68 Å². The fraction of sp³-hybridized carbons (Fsp3) is 0.526. The number of nitrogens with zero attached hydrogens (tertiary/aromatic N) is 3. The first-order chi connectivity index (χ1) is 12.8. The molecule has 0 saturated carbocycles. The number of halogens is 3. The van der Waals surface area contributed by atoms with Gasteiger partial charge in [-0.1, -0.05) is 0 Å². The number of aromatic nitrogens is 2. The summed E-state index contributed by atoms with van der Waals surface area (Å²) in [5.74, 6) is 0. The van der Waals surface area contributed by atoms with Crippen LogP contribution in [0.4, 0.5) is 13.2 Å². The zero-order valence-electron chi connectivity index (χ0n) is 15.2. The van der Waals surface area contributed by atoms with Crippen LogP contribution >= 0.6 is 0 Å². The smallest absolute Gasteiger partial charge is 0.304 e. The van der Waals surface area contributed by atoms with Crippen LogP contribution in [0.25, 0.3) is 5.69 Å². The maximum atomic E-state index is 12.9. The number of hydrogen-bond donors (Lipinski definition) is 1. The predicted octanol–water partition coefficient (Wildman–Crippen LogP) is 2.29. The molecule has 0 spiro atoms. The van der Waals surface area contributed by atoms with Crippen LogP contribution in [0.2, 0.25) is 0 Å². The second-order valence-corrected chi connectivity index (χ2v) is 7.49. The molecule has 1 unspecified atom stereocenters. The third-order valence-electron chi connectivity index (χ3n) is 5.75. The van der Waals surface area contributed by atoms with Crippen molar-refractivity contribution in [3.8, 4) is 5.69 Å². The lowest BCUT2D eigenvalue weighted by molar-refractivity contribution is -0.137.